The number of carbonyl (C=O) groups excluding carboxylic acids is 2. The first kappa shape index (κ1) is 14.2. The third-order valence-corrected chi connectivity index (χ3v) is 2.33. The van der Waals surface area contributed by atoms with Crippen molar-refractivity contribution in [3.63, 3.8) is 0 Å². The molecule has 0 fully saturated rings. The van der Waals surface area contributed by atoms with E-state index < -0.39 is 6.17 Å². The van der Waals surface area contributed by atoms with Crippen LogP contribution in [0.4, 0.5) is 0 Å². The van der Waals surface area contributed by atoms with Crippen LogP contribution in [0.3, 0.4) is 0 Å². The van der Waals surface area contributed by atoms with Gasteiger partial charge in [-0.05, 0) is 12.1 Å². The Morgan fingerprint density at radius 3 is 2.44 bits per heavy atom. The van der Waals surface area contributed by atoms with Crippen LogP contribution < -0.4 is 16.0 Å². The zero-order valence-corrected chi connectivity index (χ0v) is 10.7. The summed E-state index contributed by atoms with van der Waals surface area (Å²) in [4.78, 5) is 22.8. The molecule has 5 nitrogen and oxygen atoms in total. The van der Waals surface area contributed by atoms with Gasteiger partial charge in [-0.25, -0.2) is 0 Å². The van der Waals surface area contributed by atoms with Gasteiger partial charge in [0.2, 0.25) is 5.91 Å². The molecule has 0 spiro atoms. The molecule has 0 aliphatic rings. The Bertz CT molecular complexity index is 392. The van der Waals surface area contributed by atoms with Crippen LogP contribution in [-0.2, 0) is 16.1 Å². The summed E-state index contributed by atoms with van der Waals surface area (Å²) < 4.78 is 0. The highest BCUT2D eigenvalue weighted by Gasteiger charge is 2.17. The van der Waals surface area contributed by atoms with E-state index in [4.69, 9.17) is 0 Å². The van der Waals surface area contributed by atoms with Crippen molar-refractivity contribution in [2.45, 2.75) is 26.6 Å². The van der Waals surface area contributed by atoms with Gasteiger partial charge in [0.05, 0.1) is 0 Å². The van der Waals surface area contributed by atoms with Gasteiger partial charge in [-0.1, -0.05) is 37.3 Å². The van der Waals surface area contributed by atoms with E-state index in [9.17, 15) is 9.59 Å². The third-order valence-electron chi connectivity index (χ3n) is 2.33. The van der Waals surface area contributed by atoms with Crippen LogP contribution in [0.1, 0.15) is 19.4 Å². The van der Waals surface area contributed by atoms with Gasteiger partial charge in [-0.15, -0.1) is 0 Å². The molecule has 0 aliphatic carbocycles. The van der Waals surface area contributed by atoms with Crippen LogP contribution in [0.15, 0.2) is 30.3 Å². The first-order valence-electron chi connectivity index (χ1n) is 5.95. The average Bonchev–Trinajstić information content (AvgIpc) is 2.36. The second-order valence-electron chi connectivity index (χ2n) is 3.89. The van der Waals surface area contributed by atoms with Crippen molar-refractivity contribution in [1.29, 1.82) is 0 Å². The number of likely N-dealkylation sites (N-methyl/N-ethyl adjacent to an activating group) is 1. The number of hydrogen-bond acceptors (Lipinski definition) is 3. The zero-order valence-electron chi connectivity index (χ0n) is 10.7. The molecule has 5 heteroatoms. The molecule has 0 bridgehead atoms. The van der Waals surface area contributed by atoms with E-state index in [1.54, 1.807) is 0 Å². The van der Waals surface area contributed by atoms with Gasteiger partial charge in [-0.2, -0.15) is 0 Å². The molecule has 0 saturated heterocycles. The summed E-state index contributed by atoms with van der Waals surface area (Å²) in [7, 11) is 0. The molecule has 98 valence electrons. The summed E-state index contributed by atoms with van der Waals surface area (Å²) in [5, 5.41) is 8.23. The topological polar surface area (TPSA) is 70.2 Å². The maximum absolute atomic E-state index is 11.9. The van der Waals surface area contributed by atoms with Crippen molar-refractivity contribution in [2.24, 2.45) is 0 Å². The lowest BCUT2D eigenvalue weighted by atomic mass is 10.2. The molecule has 2 amide bonds. The summed E-state index contributed by atoms with van der Waals surface area (Å²) in [6, 6.07) is 9.61. The maximum atomic E-state index is 11.9. The predicted molar refractivity (Wildman–Crippen MR) is 69.6 cm³/mol. The summed E-state index contributed by atoms with van der Waals surface area (Å²) in [6.07, 6.45) is -0.684. The fraction of sp³-hybridized carbons (Fsp3) is 0.385. The standard InChI is InChI=1S/C13H19N3O2/c1-3-14-12(16-10(2)17)13(18)15-9-11-7-5-4-6-8-11/h4-8,12,14H,3,9H2,1-2H3,(H,15,18)(H,16,17)/t12-/m1/s1. The van der Waals surface area contributed by atoms with Crippen LogP contribution in [-0.4, -0.2) is 24.5 Å². The third kappa shape index (κ3) is 4.97. The summed E-state index contributed by atoms with van der Waals surface area (Å²) >= 11 is 0. The molecule has 0 aromatic heterocycles. The minimum absolute atomic E-state index is 0.240. The average molecular weight is 249 g/mol. The minimum atomic E-state index is -0.684. The summed E-state index contributed by atoms with van der Waals surface area (Å²) in [5.74, 6) is -0.480. The number of amides is 2. The van der Waals surface area contributed by atoms with Crippen molar-refractivity contribution in [1.82, 2.24) is 16.0 Å². The molecular formula is C13H19N3O2. The van der Waals surface area contributed by atoms with E-state index >= 15 is 0 Å². The molecule has 1 aromatic carbocycles. The fourth-order valence-corrected chi connectivity index (χ4v) is 1.50. The number of carbonyl (C=O) groups is 2. The van der Waals surface area contributed by atoms with Gasteiger partial charge < -0.3 is 10.6 Å². The molecule has 18 heavy (non-hydrogen) atoms. The Morgan fingerprint density at radius 1 is 1.22 bits per heavy atom. The van der Waals surface area contributed by atoms with E-state index in [0.717, 1.165) is 5.56 Å². The second-order valence-corrected chi connectivity index (χ2v) is 3.89. The summed E-state index contributed by atoms with van der Waals surface area (Å²) in [6.45, 7) is 4.30. The smallest absolute Gasteiger partial charge is 0.257 e. The molecule has 1 atom stereocenters. The number of nitrogens with one attached hydrogen (secondary N) is 3. The SMILES string of the molecule is CCN[C@H](NC(C)=O)C(=O)NCc1ccccc1. The van der Waals surface area contributed by atoms with Crippen molar-refractivity contribution in [2.75, 3.05) is 6.54 Å². The molecule has 3 N–H and O–H groups in total. The largest absolute Gasteiger partial charge is 0.349 e. The zero-order chi connectivity index (χ0) is 13.4. The second kappa shape index (κ2) is 7.45. The normalized spacial score (nSPS) is 11.7. The van der Waals surface area contributed by atoms with Crippen molar-refractivity contribution < 1.29 is 9.59 Å². The molecule has 0 saturated carbocycles. The molecule has 0 heterocycles. The lowest BCUT2D eigenvalue weighted by Gasteiger charge is -2.18. The Kier molecular flexibility index (Phi) is 5.87. The highest BCUT2D eigenvalue weighted by molar-refractivity contribution is 5.86. The molecule has 0 aliphatic heterocycles. The Balaban J connectivity index is 2.48. The molecule has 0 unspecified atom stereocenters. The van der Waals surface area contributed by atoms with Crippen LogP contribution in [0.25, 0.3) is 0 Å². The molecular weight excluding hydrogens is 230 g/mol. The van der Waals surface area contributed by atoms with Crippen LogP contribution >= 0.6 is 0 Å². The first-order valence-corrected chi connectivity index (χ1v) is 5.95. The molecule has 1 rings (SSSR count). The monoisotopic (exact) mass is 249 g/mol. The van der Waals surface area contributed by atoms with Gasteiger partial charge >= 0.3 is 0 Å². The summed E-state index contributed by atoms with van der Waals surface area (Å²) in [5.41, 5.74) is 1.02. The quantitative estimate of drug-likeness (QED) is 0.638. The van der Waals surface area contributed by atoms with Gasteiger partial charge in [0, 0.05) is 13.5 Å². The van der Waals surface area contributed by atoms with Gasteiger partial charge in [-0.3, -0.25) is 14.9 Å². The Hall–Kier alpha value is -1.88. The maximum Gasteiger partial charge on any atom is 0.257 e. The van der Waals surface area contributed by atoms with E-state index in [1.807, 2.05) is 37.3 Å². The van der Waals surface area contributed by atoms with Crippen LogP contribution in [0.2, 0.25) is 0 Å². The highest BCUT2D eigenvalue weighted by Crippen LogP contribution is 1.97. The van der Waals surface area contributed by atoms with Crippen molar-refractivity contribution in [3.05, 3.63) is 35.9 Å². The van der Waals surface area contributed by atoms with E-state index in [2.05, 4.69) is 16.0 Å². The lowest BCUT2D eigenvalue weighted by molar-refractivity contribution is -0.129. The number of rotatable bonds is 6. The predicted octanol–water partition coefficient (Wildman–Crippen LogP) is 0.375. The number of hydrogen-bond donors (Lipinski definition) is 3. The first-order chi connectivity index (χ1) is 8.63. The van der Waals surface area contributed by atoms with Crippen molar-refractivity contribution in [3.8, 4) is 0 Å². The van der Waals surface area contributed by atoms with Gasteiger partial charge in [0.15, 0.2) is 6.17 Å². The molecule has 0 radical (unpaired) electrons. The minimum Gasteiger partial charge on any atom is -0.349 e. The lowest BCUT2D eigenvalue weighted by Crippen LogP contribution is -2.54. The highest BCUT2D eigenvalue weighted by atomic mass is 16.2. The van der Waals surface area contributed by atoms with Gasteiger partial charge in [0.25, 0.3) is 5.91 Å². The van der Waals surface area contributed by atoms with Crippen molar-refractivity contribution >= 4 is 11.8 Å². The Labute approximate surface area is 107 Å². The molecule has 1 aromatic rings. The van der Waals surface area contributed by atoms with Gasteiger partial charge in [0.1, 0.15) is 0 Å². The van der Waals surface area contributed by atoms with E-state index in [1.165, 1.54) is 6.92 Å². The van der Waals surface area contributed by atoms with E-state index in [0.29, 0.717) is 13.1 Å². The van der Waals surface area contributed by atoms with Crippen LogP contribution in [0, 0.1) is 0 Å². The van der Waals surface area contributed by atoms with Crippen LogP contribution in [0.5, 0.6) is 0 Å². The number of benzene rings is 1. The van der Waals surface area contributed by atoms with E-state index in [-0.39, 0.29) is 11.8 Å². The Morgan fingerprint density at radius 2 is 1.89 bits per heavy atom. The fourth-order valence-electron chi connectivity index (χ4n) is 1.50.